The molecule has 0 radical (unpaired) electrons. The fourth-order valence-corrected chi connectivity index (χ4v) is 2.78. The number of rotatable bonds is 9. The van der Waals surface area contributed by atoms with Crippen molar-refractivity contribution in [3.05, 3.63) is 77.5 Å². The lowest BCUT2D eigenvalue weighted by Crippen LogP contribution is -2.35. The van der Waals surface area contributed by atoms with Crippen LogP contribution in [0, 0.1) is 5.41 Å². The first-order valence-corrected chi connectivity index (χ1v) is 9.91. The van der Waals surface area contributed by atoms with Crippen molar-refractivity contribution in [2.45, 2.75) is 32.4 Å². The Morgan fingerprint density at radius 2 is 1.77 bits per heavy atom. The predicted molar refractivity (Wildman–Crippen MR) is 121 cm³/mol. The quantitative estimate of drug-likeness (QED) is 0.418. The smallest absolute Gasteiger partial charge is 0.408 e. The molecule has 1 unspecified atom stereocenters. The van der Waals surface area contributed by atoms with Crippen molar-refractivity contribution in [1.82, 2.24) is 10.6 Å². The molecule has 0 fully saturated rings. The van der Waals surface area contributed by atoms with Gasteiger partial charge in [-0.2, -0.15) is 0 Å². The van der Waals surface area contributed by atoms with Gasteiger partial charge in [0, 0.05) is 7.05 Å². The van der Waals surface area contributed by atoms with Gasteiger partial charge in [-0.1, -0.05) is 42.5 Å². The van der Waals surface area contributed by atoms with Gasteiger partial charge in [0.2, 0.25) is 0 Å². The second-order valence-electron chi connectivity index (χ2n) is 7.84. The number of amides is 1. The van der Waals surface area contributed by atoms with Crippen LogP contribution in [0.25, 0.3) is 0 Å². The van der Waals surface area contributed by atoms with Crippen molar-refractivity contribution in [2.75, 3.05) is 13.7 Å². The first kappa shape index (κ1) is 23.7. The SMILES string of the molecule is CN/C(=C\C(=N)C=O)COc1cccc(C(NC(=O)OC(C)(C)C)c2ccccc2)c1. The number of carbonyl (C=O) groups is 2. The Morgan fingerprint density at radius 3 is 2.39 bits per heavy atom. The van der Waals surface area contributed by atoms with E-state index in [1.807, 2.05) is 69.3 Å². The van der Waals surface area contributed by atoms with E-state index in [4.69, 9.17) is 14.9 Å². The van der Waals surface area contributed by atoms with E-state index in [2.05, 4.69) is 10.6 Å². The fourth-order valence-electron chi connectivity index (χ4n) is 2.78. The predicted octanol–water partition coefficient (Wildman–Crippen LogP) is 4.00. The van der Waals surface area contributed by atoms with E-state index in [-0.39, 0.29) is 12.3 Å². The van der Waals surface area contributed by atoms with Crippen molar-refractivity contribution >= 4 is 18.1 Å². The lowest BCUT2D eigenvalue weighted by Gasteiger charge is -2.24. The van der Waals surface area contributed by atoms with Crippen LogP contribution < -0.4 is 15.4 Å². The van der Waals surface area contributed by atoms with E-state index in [1.54, 1.807) is 13.1 Å². The Labute approximate surface area is 183 Å². The van der Waals surface area contributed by atoms with Gasteiger partial charge in [-0.15, -0.1) is 0 Å². The molecule has 0 heterocycles. The molecule has 7 nitrogen and oxygen atoms in total. The highest BCUT2D eigenvalue weighted by molar-refractivity contribution is 6.32. The number of alkyl carbamates (subject to hydrolysis) is 1. The van der Waals surface area contributed by atoms with Crippen LogP contribution >= 0.6 is 0 Å². The van der Waals surface area contributed by atoms with Crippen molar-refractivity contribution in [1.29, 1.82) is 5.41 Å². The first-order chi connectivity index (χ1) is 14.7. The fraction of sp³-hybridized carbons (Fsp3) is 0.292. The highest BCUT2D eigenvalue weighted by atomic mass is 16.6. The molecule has 3 N–H and O–H groups in total. The van der Waals surface area contributed by atoms with E-state index in [9.17, 15) is 9.59 Å². The number of hydrogen-bond donors (Lipinski definition) is 3. The molecule has 2 aromatic carbocycles. The zero-order valence-corrected chi connectivity index (χ0v) is 18.3. The van der Waals surface area contributed by atoms with E-state index in [1.165, 1.54) is 6.08 Å². The maximum absolute atomic E-state index is 12.5. The number of allylic oxidation sites excluding steroid dienone is 1. The number of aldehydes is 1. The van der Waals surface area contributed by atoms with Gasteiger partial charge in [-0.25, -0.2) is 4.79 Å². The van der Waals surface area contributed by atoms with Gasteiger partial charge in [-0.05, 0) is 50.1 Å². The molecule has 0 saturated heterocycles. The topological polar surface area (TPSA) is 101 Å². The minimum Gasteiger partial charge on any atom is -0.487 e. The second kappa shape index (κ2) is 11.0. The number of nitrogens with one attached hydrogen (secondary N) is 3. The van der Waals surface area contributed by atoms with Crippen LogP contribution in [0.2, 0.25) is 0 Å². The largest absolute Gasteiger partial charge is 0.487 e. The third kappa shape index (κ3) is 7.97. The molecule has 2 aromatic rings. The molecule has 0 spiro atoms. The molecule has 2 rings (SSSR count). The summed E-state index contributed by atoms with van der Waals surface area (Å²) in [5.41, 5.74) is 1.56. The van der Waals surface area contributed by atoms with E-state index >= 15 is 0 Å². The van der Waals surface area contributed by atoms with Crippen LogP contribution in [-0.4, -0.2) is 37.3 Å². The molecular formula is C24H29N3O4. The summed E-state index contributed by atoms with van der Waals surface area (Å²) in [7, 11) is 1.69. The minimum atomic E-state index is -0.610. The standard InChI is InChI=1S/C24H29N3O4/c1-24(2,3)31-23(29)27-22(17-9-6-5-7-10-17)18-11-8-12-21(13-18)30-16-20(26-4)14-19(25)15-28/h5-15,22,25-26H,16H2,1-4H3,(H,27,29)/b20-14-,25-19?. The Kier molecular flexibility index (Phi) is 8.37. The Hall–Kier alpha value is -3.61. The summed E-state index contributed by atoms with van der Waals surface area (Å²) in [6.07, 6.45) is 1.36. The maximum atomic E-state index is 12.5. The van der Waals surface area contributed by atoms with Crippen LogP contribution in [0.15, 0.2) is 66.4 Å². The van der Waals surface area contributed by atoms with Gasteiger partial charge < -0.3 is 20.1 Å². The Bertz CT molecular complexity index is 933. The molecule has 0 saturated carbocycles. The number of hydrogen-bond acceptors (Lipinski definition) is 6. The van der Waals surface area contributed by atoms with Crippen molar-refractivity contribution < 1.29 is 19.1 Å². The number of benzene rings is 2. The highest BCUT2D eigenvalue weighted by Crippen LogP contribution is 2.26. The van der Waals surface area contributed by atoms with Crippen LogP contribution in [0.5, 0.6) is 5.75 Å². The summed E-state index contributed by atoms with van der Waals surface area (Å²) >= 11 is 0. The van der Waals surface area contributed by atoms with Gasteiger partial charge in [0.25, 0.3) is 0 Å². The zero-order valence-electron chi connectivity index (χ0n) is 18.3. The lowest BCUT2D eigenvalue weighted by molar-refractivity contribution is -0.102. The molecule has 0 bridgehead atoms. The number of carbonyl (C=O) groups excluding carboxylic acids is 2. The normalized spacial score (nSPS) is 12.5. The molecule has 31 heavy (non-hydrogen) atoms. The minimum absolute atomic E-state index is 0.146. The molecule has 7 heteroatoms. The summed E-state index contributed by atoms with van der Waals surface area (Å²) in [4.78, 5) is 23.1. The molecule has 0 aliphatic heterocycles. The van der Waals surface area contributed by atoms with Crippen LogP contribution in [0.4, 0.5) is 4.79 Å². The van der Waals surface area contributed by atoms with Crippen LogP contribution in [0.3, 0.4) is 0 Å². The maximum Gasteiger partial charge on any atom is 0.408 e. The second-order valence-corrected chi connectivity index (χ2v) is 7.84. The van der Waals surface area contributed by atoms with Gasteiger partial charge in [0.15, 0.2) is 6.29 Å². The third-order valence-corrected chi connectivity index (χ3v) is 4.16. The van der Waals surface area contributed by atoms with E-state index in [0.29, 0.717) is 17.7 Å². The van der Waals surface area contributed by atoms with Gasteiger partial charge in [0.1, 0.15) is 18.0 Å². The Morgan fingerprint density at radius 1 is 1.10 bits per heavy atom. The molecule has 0 aromatic heterocycles. The summed E-state index contributed by atoms with van der Waals surface area (Å²) in [5.74, 6) is 0.586. The average Bonchev–Trinajstić information content (AvgIpc) is 2.74. The number of ether oxygens (including phenoxy) is 2. The third-order valence-electron chi connectivity index (χ3n) is 4.16. The van der Waals surface area contributed by atoms with E-state index < -0.39 is 17.7 Å². The Balaban J connectivity index is 2.25. The summed E-state index contributed by atoms with van der Waals surface area (Å²) in [6.45, 7) is 5.60. The van der Waals surface area contributed by atoms with Crippen molar-refractivity contribution in [3.63, 3.8) is 0 Å². The zero-order chi connectivity index (χ0) is 22.9. The first-order valence-electron chi connectivity index (χ1n) is 9.91. The highest BCUT2D eigenvalue weighted by Gasteiger charge is 2.22. The van der Waals surface area contributed by atoms with Crippen LogP contribution in [-0.2, 0) is 9.53 Å². The molecule has 0 aliphatic carbocycles. The summed E-state index contributed by atoms with van der Waals surface area (Å²) < 4.78 is 11.3. The van der Waals surface area contributed by atoms with Gasteiger partial charge in [0.05, 0.1) is 17.5 Å². The summed E-state index contributed by atoms with van der Waals surface area (Å²) in [6, 6.07) is 16.6. The van der Waals surface area contributed by atoms with Gasteiger partial charge in [-0.3, -0.25) is 10.2 Å². The number of likely N-dealkylation sites (N-methyl/N-ethyl adjacent to an activating group) is 1. The van der Waals surface area contributed by atoms with Gasteiger partial charge >= 0.3 is 6.09 Å². The monoisotopic (exact) mass is 423 g/mol. The van der Waals surface area contributed by atoms with E-state index in [0.717, 1.165) is 11.1 Å². The molecule has 1 atom stereocenters. The van der Waals surface area contributed by atoms with Crippen molar-refractivity contribution in [2.24, 2.45) is 0 Å². The average molecular weight is 424 g/mol. The van der Waals surface area contributed by atoms with Crippen molar-refractivity contribution in [3.8, 4) is 5.75 Å². The molecule has 1 amide bonds. The lowest BCUT2D eigenvalue weighted by atomic mass is 9.98. The van der Waals surface area contributed by atoms with Crippen LogP contribution in [0.1, 0.15) is 37.9 Å². The molecular weight excluding hydrogens is 394 g/mol. The molecule has 164 valence electrons. The summed E-state index contributed by atoms with van der Waals surface area (Å²) in [5, 5.41) is 13.3. The molecule has 0 aliphatic rings.